The smallest absolute Gasteiger partial charge is 0.306 e. The van der Waals surface area contributed by atoms with Gasteiger partial charge in [0.05, 0.1) is 37.0 Å². The van der Waals surface area contributed by atoms with Gasteiger partial charge in [0.2, 0.25) is 0 Å². The third-order valence-electron chi connectivity index (χ3n) is 0.717. The molecule has 0 saturated heterocycles. The van der Waals surface area contributed by atoms with Crippen LogP contribution in [0.1, 0.15) is 18.7 Å². The molecule has 2 N–H and O–H groups in total. The molecule has 11 heavy (non-hydrogen) atoms. The summed E-state index contributed by atoms with van der Waals surface area (Å²) in [6.07, 6.45) is -6.99. The topological polar surface area (TPSA) is 57.5 Å². The summed E-state index contributed by atoms with van der Waals surface area (Å²) in [5.74, 6) is -2.20. The van der Waals surface area contributed by atoms with Gasteiger partial charge < -0.3 is 14.7 Å². The maximum absolute atomic E-state index is 10.7. The van der Waals surface area contributed by atoms with Gasteiger partial charge >= 0.3 is 5.97 Å². The van der Waals surface area contributed by atoms with Gasteiger partial charge in [-0.1, -0.05) is 0 Å². The van der Waals surface area contributed by atoms with Crippen molar-refractivity contribution in [2.45, 2.75) is 12.5 Å². The van der Waals surface area contributed by atoms with Crippen molar-refractivity contribution in [1.82, 2.24) is 0 Å². The first kappa shape index (κ1) is 2.71. The van der Waals surface area contributed by atoms with Gasteiger partial charge in [-0.05, 0) is 0 Å². The Hall–Kier alpha value is -0.610. The van der Waals surface area contributed by atoms with Gasteiger partial charge in [-0.25, -0.2) is 0 Å². The molecule has 0 radical (unpaired) electrons. The standard InChI is InChI=1S/C7H15NO3/c1-8(2,3)5-6(9)4-7(10)11/h6,9H,4-5H2,1-3H3/p+1/t6-/m1/s1/i1D3,2D3,4D2,6D. The number of carbonyl (C=O) groups is 1. The summed E-state index contributed by atoms with van der Waals surface area (Å²) in [7, 11) is 0.678. The van der Waals surface area contributed by atoms with Crippen LogP contribution in [-0.2, 0) is 4.79 Å². The second-order valence-electron chi connectivity index (χ2n) is 2.23. The fourth-order valence-corrected chi connectivity index (χ4v) is 0.462. The number of aliphatic carboxylic acids is 1. The van der Waals surface area contributed by atoms with E-state index in [9.17, 15) is 9.90 Å². The van der Waals surface area contributed by atoms with Crippen LogP contribution in [0.5, 0.6) is 0 Å². The SMILES string of the molecule is [2H]C([2H])(C(=O)O)[C@@]([2H])(O)C[N+](C)(C([2H])([2H])[2H])C([2H])([2H])[2H]. The van der Waals surface area contributed by atoms with Crippen molar-refractivity contribution in [3.63, 3.8) is 0 Å². The quantitative estimate of drug-likeness (QED) is 0.562. The molecule has 66 valence electrons. The maximum Gasteiger partial charge on any atom is 0.306 e. The minimum Gasteiger partial charge on any atom is -0.481 e. The molecule has 0 saturated carbocycles. The van der Waals surface area contributed by atoms with Crippen molar-refractivity contribution in [1.29, 1.82) is 0 Å². The highest BCUT2D eigenvalue weighted by molar-refractivity contribution is 5.67. The Kier molecular flexibility index (Phi) is 0.908. The molecule has 0 amide bonds. The fraction of sp³-hybridized carbons (Fsp3) is 0.857. The van der Waals surface area contributed by atoms with Crippen molar-refractivity contribution in [3.05, 3.63) is 0 Å². The van der Waals surface area contributed by atoms with Crippen molar-refractivity contribution >= 4 is 5.97 Å². The molecule has 0 bridgehead atoms. The molecule has 0 spiro atoms. The van der Waals surface area contributed by atoms with E-state index in [-0.39, 0.29) is 0 Å². The molecule has 0 aromatic heterocycles. The lowest BCUT2D eigenvalue weighted by Gasteiger charge is -2.25. The molecule has 0 aromatic carbocycles. The van der Waals surface area contributed by atoms with Gasteiger partial charge in [0.1, 0.15) is 12.6 Å². The summed E-state index contributed by atoms with van der Waals surface area (Å²) in [5.41, 5.74) is 0. The Labute approximate surface area is 79.3 Å². The van der Waals surface area contributed by atoms with E-state index >= 15 is 0 Å². The van der Waals surface area contributed by atoms with Crippen molar-refractivity contribution in [2.24, 2.45) is 0 Å². The van der Waals surface area contributed by atoms with Crippen LogP contribution in [0.4, 0.5) is 0 Å². The Morgan fingerprint density at radius 1 is 1.91 bits per heavy atom. The number of nitrogens with zero attached hydrogens (tertiary/aromatic N) is 1. The first-order valence-electron chi connectivity index (χ1n) is 7.22. The molecule has 4 heteroatoms. The van der Waals surface area contributed by atoms with Crippen LogP contribution < -0.4 is 0 Å². The highest BCUT2D eigenvalue weighted by atomic mass is 16.4. The van der Waals surface area contributed by atoms with E-state index < -0.39 is 43.4 Å². The number of quaternary nitrogens is 1. The zero-order valence-corrected chi connectivity index (χ0v) is 5.96. The van der Waals surface area contributed by atoms with Crippen molar-refractivity contribution < 1.29 is 31.8 Å². The average molecular weight is 171 g/mol. The Morgan fingerprint density at radius 3 is 2.82 bits per heavy atom. The molecular formula is C7H16NO3+. The van der Waals surface area contributed by atoms with Crippen LogP contribution in [-0.4, -0.2) is 54.3 Å². The third-order valence-corrected chi connectivity index (χ3v) is 0.717. The van der Waals surface area contributed by atoms with Crippen LogP contribution in [0, 0.1) is 0 Å². The lowest BCUT2D eigenvalue weighted by Crippen LogP contribution is -2.42. The normalized spacial score (nSPS) is 33.1. The summed E-state index contributed by atoms with van der Waals surface area (Å²) >= 11 is 0. The number of rotatable bonds is 4. The van der Waals surface area contributed by atoms with Crippen LogP contribution >= 0.6 is 0 Å². The number of likely N-dealkylation sites (N-methyl/N-ethyl adjacent to an activating group) is 1. The van der Waals surface area contributed by atoms with E-state index in [1.165, 1.54) is 0 Å². The predicted molar refractivity (Wildman–Crippen MR) is 41.2 cm³/mol. The van der Waals surface area contributed by atoms with Crippen molar-refractivity contribution in [3.8, 4) is 0 Å². The number of aliphatic hydroxyl groups is 1. The molecule has 0 aromatic rings. The molecule has 0 unspecified atom stereocenters. The second kappa shape index (κ2) is 3.69. The van der Waals surface area contributed by atoms with Gasteiger partial charge in [-0.3, -0.25) is 4.79 Å². The Morgan fingerprint density at radius 2 is 2.45 bits per heavy atom. The molecule has 0 aliphatic carbocycles. The summed E-state index contributed by atoms with van der Waals surface area (Å²) < 4.78 is 63.0. The van der Waals surface area contributed by atoms with Gasteiger partial charge in [0.25, 0.3) is 0 Å². The van der Waals surface area contributed by atoms with E-state index in [0.29, 0.717) is 7.05 Å². The summed E-state index contributed by atoms with van der Waals surface area (Å²) in [6.45, 7) is -7.89. The number of carboxylic acids is 1. The van der Waals surface area contributed by atoms with Gasteiger partial charge in [0.15, 0.2) is 0 Å². The molecule has 0 rings (SSSR count). The minimum absolute atomic E-state index is 0.678. The fourth-order valence-electron chi connectivity index (χ4n) is 0.462. The third kappa shape index (κ3) is 7.29. The Balaban J connectivity index is 5.80. The second-order valence-corrected chi connectivity index (χ2v) is 2.23. The van der Waals surface area contributed by atoms with Gasteiger partial charge in [-0.15, -0.1) is 0 Å². The molecule has 0 aliphatic rings. The molecular weight excluding hydrogens is 146 g/mol. The average Bonchev–Trinajstić information content (AvgIpc) is 2.12. The minimum atomic E-state index is -3.54. The molecule has 0 aliphatic heterocycles. The maximum atomic E-state index is 10.7. The lowest BCUT2D eigenvalue weighted by atomic mass is 10.2. The molecule has 0 fully saturated rings. The van der Waals surface area contributed by atoms with E-state index in [1.807, 2.05) is 0 Å². The summed E-state index contributed by atoms with van der Waals surface area (Å²) in [4.78, 5) is 10.7. The first-order valence-corrected chi connectivity index (χ1v) is 2.72. The highest BCUT2D eigenvalue weighted by Gasteiger charge is 2.17. The number of hydrogen-bond donors (Lipinski definition) is 2. The van der Waals surface area contributed by atoms with Crippen LogP contribution in [0.15, 0.2) is 0 Å². The largest absolute Gasteiger partial charge is 0.481 e. The predicted octanol–water partition coefficient (Wildman–Crippen LogP) is -0.472. The van der Waals surface area contributed by atoms with E-state index in [1.54, 1.807) is 0 Å². The van der Waals surface area contributed by atoms with Crippen molar-refractivity contribution in [2.75, 3.05) is 27.5 Å². The van der Waals surface area contributed by atoms with Crippen LogP contribution in [0.25, 0.3) is 0 Å². The summed E-state index contributed by atoms with van der Waals surface area (Å²) in [5, 5.41) is 18.3. The van der Waals surface area contributed by atoms with Crippen LogP contribution in [0.2, 0.25) is 0 Å². The number of hydrogen-bond acceptors (Lipinski definition) is 2. The van der Waals surface area contributed by atoms with E-state index in [4.69, 9.17) is 17.4 Å². The highest BCUT2D eigenvalue weighted by Crippen LogP contribution is 1.98. The number of carboxylic acid groups (broad SMARTS) is 1. The molecule has 4 nitrogen and oxygen atoms in total. The lowest BCUT2D eigenvalue weighted by molar-refractivity contribution is -0.873. The zero-order chi connectivity index (χ0) is 16.8. The van der Waals surface area contributed by atoms with Gasteiger partial charge in [0, 0.05) is 2.74 Å². The summed E-state index contributed by atoms with van der Waals surface area (Å²) in [6, 6.07) is 0. The zero-order valence-electron chi connectivity index (χ0n) is 15.0. The van der Waals surface area contributed by atoms with E-state index in [0.717, 1.165) is 0 Å². The van der Waals surface area contributed by atoms with E-state index in [2.05, 4.69) is 0 Å². The monoisotopic (exact) mass is 171 g/mol. The Bertz CT molecular complexity index is 372. The molecule has 0 heterocycles. The molecule has 1 atom stereocenters. The van der Waals surface area contributed by atoms with Gasteiger partial charge in [-0.2, -0.15) is 0 Å². The van der Waals surface area contributed by atoms with Crippen LogP contribution in [0.3, 0.4) is 0 Å². The first-order chi connectivity index (χ1) is 8.40.